The zero-order valence-corrected chi connectivity index (χ0v) is 13.7. The zero-order valence-electron chi connectivity index (χ0n) is 13.7. The first-order valence-corrected chi connectivity index (χ1v) is 8.39. The topological polar surface area (TPSA) is 20.3 Å². The standard InChI is InChI=1S/C21H22FNO/c1-2-13-23(15-18-8-4-6-10-20(18)22)21(24)14-17-12-11-16-7-3-5-9-19(16)17/h2-10,17H,1,11-15H2. The number of rotatable bonds is 6. The summed E-state index contributed by atoms with van der Waals surface area (Å²) >= 11 is 0. The van der Waals surface area contributed by atoms with Gasteiger partial charge in [0.25, 0.3) is 0 Å². The van der Waals surface area contributed by atoms with Gasteiger partial charge in [-0.25, -0.2) is 4.39 Å². The van der Waals surface area contributed by atoms with E-state index in [0.717, 1.165) is 12.8 Å². The second-order valence-corrected chi connectivity index (χ2v) is 6.29. The van der Waals surface area contributed by atoms with Gasteiger partial charge in [0, 0.05) is 25.1 Å². The molecule has 1 amide bonds. The van der Waals surface area contributed by atoms with Crippen molar-refractivity contribution in [1.82, 2.24) is 4.90 Å². The van der Waals surface area contributed by atoms with Crippen LogP contribution in [0.4, 0.5) is 4.39 Å². The van der Waals surface area contributed by atoms with Crippen LogP contribution in [0.3, 0.4) is 0 Å². The van der Waals surface area contributed by atoms with Crippen LogP contribution in [0.5, 0.6) is 0 Å². The molecule has 1 atom stereocenters. The molecule has 2 nitrogen and oxygen atoms in total. The van der Waals surface area contributed by atoms with Gasteiger partial charge in [0.15, 0.2) is 0 Å². The van der Waals surface area contributed by atoms with Crippen molar-refractivity contribution in [2.45, 2.75) is 31.7 Å². The third kappa shape index (κ3) is 3.56. The number of fused-ring (bicyclic) bond motifs is 1. The molecule has 0 N–H and O–H groups in total. The molecule has 0 radical (unpaired) electrons. The molecule has 0 saturated heterocycles. The number of halogens is 1. The molecule has 0 saturated carbocycles. The SMILES string of the molecule is C=CCN(Cc1ccccc1F)C(=O)CC1CCc2ccccc21. The largest absolute Gasteiger partial charge is 0.335 e. The maximum Gasteiger partial charge on any atom is 0.223 e. The number of hydrogen-bond acceptors (Lipinski definition) is 1. The molecule has 1 unspecified atom stereocenters. The zero-order chi connectivity index (χ0) is 16.9. The Kier molecular flexibility index (Phi) is 5.09. The third-order valence-corrected chi connectivity index (χ3v) is 4.70. The summed E-state index contributed by atoms with van der Waals surface area (Å²) in [6.45, 7) is 4.44. The fourth-order valence-corrected chi connectivity index (χ4v) is 3.44. The average molecular weight is 323 g/mol. The van der Waals surface area contributed by atoms with Gasteiger partial charge in [0.2, 0.25) is 5.91 Å². The minimum Gasteiger partial charge on any atom is -0.335 e. The number of aryl methyl sites for hydroxylation is 1. The van der Waals surface area contributed by atoms with Crippen molar-refractivity contribution in [1.29, 1.82) is 0 Å². The van der Waals surface area contributed by atoms with E-state index in [9.17, 15) is 9.18 Å². The molecule has 24 heavy (non-hydrogen) atoms. The highest BCUT2D eigenvalue weighted by molar-refractivity contribution is 5.77. The molecule has 0 bridgehead atoms. The predicted octanol–water partition coefficient (Wildman–Crippen LogP) is 4.46. The lowest BCUT2D eigenvalue weighted by Gasteiger charge is -2.23. The number of carbonyl (C=O) groups is 1. The van der Waals surface area contributed by atoms with Gasteiger partial charge < -0.3 is 4.90 Å². The lowest BCUT2D eigenvalue weighted by atomic mass is 9.97. The maximum absolute atomic E-state index is 13.9. The first kappa shape index (κ1) is 16.4. The van der Waals surface area contributed by atoms with Crippen molar-refractivity contribution in [2.75, 3.05) is 6.54 Å². The molecule has 1 aliphatic rings. The number of hydrogen-bond donors (Lipinski definition) is 0. The van der Waals surface area contributed by atoms with Gasteiger partial charge in [0.1, 0.15) is 5.82 Å². The van der Waals surface area contributed by atoms with Gasteiger partial charge >= 0.3 is 0 Å². The van der Waals surface area contributed by atoms with E-state index >= 15 is 0 Å². The first-order valence-electron chi connectivity index (χ1n) is 8.39. The summed E-state index contributed by atoms with van der Waals surface area (Å²) in [6.07, 6.45) is 4.20. The van der Waals surface area contributed by atoms with Crippen molar-refractivity contribution < 1.29 is 9.18 Å². The second kappa shape index (κ2) is 7.43. The second-order valence-electron chi connectivity index (χ2n) is 6.29. The Hall–Kier alpha value is -2.42. The summed E-state index contributed by atoms with van der Waals surface area (Å²) in [7, 11) is 0. The highest BCUT2D eigenvalue weighted by Gasteiger charge is 2.26. The summed E-state index contributed by atoms with van der Waals surface area (Å²) in [5, 5.41) is 0. The van der Waals surface area contributed by atoms with Gasteiger partial charge in [-0.15, -0.1) is 6.58 Å². The average Bonchev–Trinajstić information content (AvgIpc) is 2.99. The monoisotopic (exact) mass is 323 g/mol. The van der Waals surface area contributed by atoms with E-state index < -0.39 is 0 Å². The van der Waals surface area contributed by atoms with E-state index in [1.54, 1.807) is 29.2 Å². The molecule has 2 aromatic rings. The van der Waals surface area contributed by atoms with Crippen LogP contribution in [0, 0.1) is 5.82 Å². The number of benzene rings is 2. The van der Waals surface area contributed by atoms with Gasteiger partial charge in [-0.05, 0) is 36.0 Å². The Morgan fingerprint density at radius 2 is 1.96 bits per heavy atom. The van der Waals surface area contributed by atoms with E-state index in [0.29, 0.717) is 18.5 Å². The third-order valence-electron chi connectivity index (χ3n) is 4.70. The van der Waals surface area contributed by atoms with Crippen molar-refractivity contribution in [2.24, 2.45) is 0 Å². The van der Waals surface area contributed by atoms with Crippen LogP contribution in [0.15, 0.2) is 61.2 Å². The van der Waals surface area contributed by atoms with Crippen LogP contribution in [-0.4, -0.2) is 17.4 Å². The van der Waals surface area contributed by atoms with Gasteiger partial charge in [-0.3, -0.25) is 4.79 Å². The minimum absolute atomic E-state index is 0.0554. The van der Waals surface area contributed by atoms with Crippen LogP contribution in [0.25, 0.3) is 0 Å². The van der Waals surface area contributed by atoms with Crippen molar-refractivity contribution in [3.05, 3.63) is 83.7 Å². The molecule has 0 spiro atoms. The van der Waals surface area contributed by atoms with Crippen LogP contribution in [0.1, 0.15) is 35.4 Å². The molecule has 0 heterocycles. The normalized spacial score (nSPS) is 15.8. The lowest BCUT2D eigenvalue weighted by Crippen LogP contribution is -2.31. The van der Waals surface area contributed by atoms with Crippen LogP contribution in [-0.2, 0) is 17.8 Å². The Labute approximate surface area is 142 Å². The van der Waals surface area contributed by atoms with E-state index in [4.69, 9.17) is 0 Å². The van der Waals surface area contributed by atoms with Crippen LogP contribution < -0.4 is 0 Å². The highest BCUT2D eigenvalue weighted by Crippen LogP contribution is 2.35. The van der Waals surface area contributed by atoms with E-state index in [2.05, 4.69) is 18.7 Å². The summed E-state index contributed by atoms with van der Waals surface area (Å²) in [5.41, 5.74) is 3.18. The Morgan fingerprint density at radius 1 is 1.21 bits per heavy atom. The molecule has 0 aliphatic heterocycles. The molecule has 0 fully saturated rings. The molecule has 3 heteroatoms. The van der Waals surface area contributed by atoms with Gasteiger partial charge in [0.05, 0.1) is 0 Å². The summed E-state index contributed by atoms with van der Waals surface area (Å²) in [4.78, 5) is 14.5. The number of nitrogens with zero attached hydrogens (tertiary/aromatic N) is 1. The minimum atomic E-state index is -0.273. The Balaban J connectivity index is 1.71. The Morgan fingerprint density at radius 3 is 2.75 bits per heavy atom. The molecule has 3 rings (SSSR count). The van der Waals surface area contributed by atoms with E-state index in [1.165, 1.54) is 17.2 Å². The van der Waals surface area contributed by atoms with Crippen LogP contribution >= 0.6 is 0 Å². The smallest absolute Gasteiger partial charge is 0.223 e. The van der Waals surface area contributed by atoms with Crippen molar-refractivity contribution >= 4 is 5.91 Å². The molecule has 1 aliphatic carbocycles. The molecule has 124 valence electrons. The molecular formula is C21H22FNO. The van der Waals surface area contributed by atoms with Crippen LogP contribution in [0.2, 0.25) is 0 Å². The fraction of sp³-hybridized carbons (Fsp3) is 0.286. The van der Waals surface area contributed by atoms with Crippen molar-refractivity contribution in [3.63, 3.8) is 0 Å². The summed E-state index contributed by atoms with van der Waals surface area (Å²) in [5.74, 6) is 0.0482. The van der Waals surface area contributed by atoms with E-state index in [-0.39, 0.29) is 24.2 Å². The fourth-order valence-electron chi connectivity index (χ4n) is 3.44. The van der Waals surface area contributed by atoms with E-state index in [1.807, 2.05) is 12.1 Å². The molecule has 0 aromatic heterocycles. The molecule has 2 aromatic carbocycles. The van der Waals surface area contributed by atoms with Gasteiger partial charge in [-0.2, -0.15) is 0 Å². The summed E-state index contributed by atoms with van der Waals surface area (Å²) in [6, 6.07) is 14.9. The van der Waals surface area contributed by atoms with Crippen molar-refractivity contribution in [3.8, 4) is 0 Å². The maximum atomic E-state index is 13.9. The number of carbonyl (C=O) groups excluding carboxylic acids is 1. The lowest BCUT2D eigenvalue weighted by molar-refractivity contribution is -0.131. The predicted molar refractivity (Wildman–Crippen MR) is 94.1 cm³/mol. The molecular weight excluding hydrogens is 301 g/mol. The van der Waals surface area contributed by atoms with Gasteiger partial charge in [-0.1, -0.05) is 48.5 Å². The summed E-state index contributed by atoms with van der Waals surface area (Å²) < 4.78 is 13.9. The number of amides is 1. The first-order chi connectivity index (χ1) is 11.7. The Bertz CT molecular complexity index is 740. The quantitative estimate of drug-likeness (QED) is 0.719. The highest BCUT2D eigenvalue weighted by atomic mass is 19.1.